The van der Waals surface area contributed by atoms with Gasteiger partial charge in [0.2, 0.25) is 0 Å². The molecule has 3 aliphatic heterocycles. The Morgan fingerprint density at radius 1 is 1.06 bits per heavy atom. The molecule has 17 heavy (non-hydrogen) atoms. The molecule has 0 spiro atoms. The average molecular weight is 238 g/mol. The third-order valence-corrected chi connectivity index (χ3v) is 5.13. The van der Waals surface area contributed by atoms with Gasteiger partial charge in [0.05, 0.1) is 0 Å². The van der Waals surface area contributed by atoms with Crippen molar-refractivity contribution in [1.82, 2.24) is 10.2 Å². The van der Waals surface area contributed by atoms with Gasteiger partial charge in [0.15, 0.2) is 0 Å². The summed E-state index contributed by atoms with van der Waals surface area (Å²) in [6, 6.07) is 2.51. The summed E-state index contributed by atoms with van der Waals surface area (Å²) in [5, 5.41) is 3.83. The Morgan fingerprint density at radius 3 is 2.35 bits per heavy atom. The van der Waals surface area contributed by atoms with Gasteiger partial charge >= 0.3 is 0 Å². The lowest BCUT2D eigenvalue weighted by atomic mass is 9.95. The Bertz CT molecular complexity index is 239. The normalized spacial score (nSPS) is 39.7. The largest absolute Gasteiger partial charge is 0.381 e. The van der Waals surface area contributed by atoms with Crippen molar-refractivity contribution in [2.45, 2.75) is 56.7 Å². The molecule has 2 bridgehead atoms. The molecule has 3 saturated heterocycles. The summed E-state index contributed by atoms with van der Waals surface area (Å²) >= 11 is 0. The van der Waals surface area contributed by atoms with Gasteiger partial charge in [0.25, 0.3) is 0 Å². The van der Waals surface area contributed by atoms with Crippen LogP contribution >= 0.6 is 0 Å². The van der Waals surface area contributed by atoms with E-state index >= 15 is 0 Å². The molecule has 3 fully saturated rings. The summed E-state index contributed by atoms with van der Waals surface area (Å²) in [5.74, 6) is 0.862. The van der Waals surface area contributed by atoms with Gasteiger partial charge in [-0.25, -0.2) is 0 Å². The zero-order chi connectivity index (χ0) is 11.7. The van der Waals surface area contributed by atoms with E-state index in [4.69, 9.17) is 4.74 Å². The number of nitrogens with zero attached hydrogens (tertiary/aromatic N) is 1. The van der Waals surface area contributed by atoms with Gasteiger partial charge in [-0.1, -0.05) is 0 Å². The van der Waals surface area contributed by atoms with E-state index in [9.17, 15) is 0 Å². The molecule has 3 heterocycles. The second-order valence-corrected chi connectivity index (χ2v) is 6.18. The van der Waals surface area contributed by atoms with Crippen molar-refractivity contribution in [3.05, 3.63) is 0 Å². The zero-order valence-corrected chi connectivity index (χ0v) is 11.0. The van der Waals surface area contributed by atoms with Crippen LogP contribution in [-0.4, -0.2) is 49.8 Å². The van der Waals surface area contributed by atoms with Gasteiger partial charge in [-0.15, -0.1) is 0 Å². The van der Waals surface area contributed by atoms with Crippen LogP contribution in [0.3, 0.4) is 0 Å². The minimum absolute atomic E-state index is 0.784. The fourth-order valence-electron chi connectivity index (χ4n) is 3.86. The van der Waals surface area contributed by atoms with Crippen LogP contribution in [-0.2, 0) is 4.74 Å². The van der Waals surface area contributed by atoms with Crippen molar-refractivity contribution < 1.29 is 4.74 Å². The first-order valence-electron chi connectivity index (χ1n) is 7.36. The van der Waals surface area contributed by atoms with E-state index in [0.717, 1.165) is 37.3 Å². The molecular formula is C14H26N2O. The first-order valence-corrected chi connectivity index (χ1v) is 7.36. The summed E-state index contributed by atoms with van der Waals surface area (Å²) in [5.41, 5.74) is 0. The Kier molecular flexibility index (Phi) is 3.69. The Morgan fingerprint density at radius 2 is 1.71 bits per heavy atom. The van der Waals surface area contributed by atoms with Crippen LogP contribution in [0.4, 0.5) is 0 Å². The van der Waals surface area contributed by atoms with Crippen molar-refractivity contribution in [3.8, 4) is 0 Å². The maximum atomic E-state index is 5.42. The quantitative estimate of drug-likeness (QED) is 0.809. The number of piperidine rings is 1. The first-order chi connectivity index (χ1) is 8.33. The second-order valence-electron chi connectivity index (χ2n) is 6.18. The van der Waals surface area contributed by atoms with E-state index < -0.39 is 0 Å². The standard InChI is InChI=1S/C14H26N2O/c1-16-13-2-3-14(16)9-12(8-13)15-10-11-4-6-17-7-5-11/h11-15H,2-10H2,1H3. The van der Waals surface area contributed by atoms with Crippen LogP contribution in [0.15, 0.2) is 0 Å². The summed E-state index contributed by atoms with van der Waals surface area (Å²) < 4.78 is 5.42. The van der Waals surface area contributed by atoms with E-state index in [2.05, 4.69) is 17.3 Å². The predicted molar refractivity (Wildman–Crippen MR) is 69.1 cm³/mol. The fourth-order valence-corrected chi connectivity index (χ4v) is 3.86. The van der Waals surface area contributed by atoms with Crippen LogP contribution in [0.5, 0.6) is 0 Å². The van der Waals surface area contributed by atoms with Crippen molar-refractivity contribution >= 4 is 0 Å². The van der Waals surface area contributed by atoms with Crippen molar-refractivity contribution in [2.75, 3.05) is 26.8 Å². The van der Waals surface area contributed by atoms with Gasteiger partial charge in [-0.3, -0.25) is 0 Å². The molecule has 3 nitrogen and oxygen atoms in total. The molecule has 2 unspecified atom stereocenters. The van der Waals surface area contributed by atoms with Gasteiger partial charge in [0, 0.05) is 31.3 Å². The van der Waals surface area contributed by atoms with Gasteiger partial charge < -0.3 is 15.0 Å². The Balaban J connectivity index is 1.44. The molecule has 0 aliphatic carbocycles. The Hall–Kier alpha value is -0.120. The van der Waals surface area contributed by atoms with E-state index in [0.29, 0.717) is 0 Å². The van der Waals surface area contributed by atoms with Crippen LogP contribution in [0.25, 0.3) is 0 Å². The van der Waals surface area contributed by atoms with Crippen LogP contribution in [0.1, 0.15) is 38.5 Å². The minimum atomic E-state index is 0.784. The molecule has 0 amide bonds. The van der Waals surface area contributed by atoms with Gasteiger partial charge in [0.1, 0.15) is 0 Å². The molecule has 2 atom stereocenters. The highest BCUT2D eigenvalue weighted by atomic mass is 16.5. The predicted octanol–water partition coefficient (Wildman–Crippen LogP) is 1.63. The zero-order valence-electron chi connectivity index (χ0n) is 11.0. The molecule has 3 aliphatic rings. The maximum absolute atomic E-state index is 5.42. The highest BCUT2D eigenvalue weighted by Crippen LogP contribution is 2.34. The number of fused-ring (bicyclic) bond motifs is 2. The van der Waals surface area contributed by atoms with Crippen molar-refractivity contribution in [3.63, 3.8) is 0 Å². The van der Waals surface area contributed by atoms with Crippen LogP contribution in [0, 0.1) is 5.92 Å². The third-order valence-electron chi connectivity index (χ3n) is 5.13. The molecule has 3 rings (SSSR count). The number of hydrogen-bond acceptors (Lipinski definition) is 3. The molecule has 0 saturated carbocycles. The van der Waals surface area contributed by atoms with E-state index in [1.165, 1.54) is 45.1 Å². The van der Waals surface area contributed by atoms with Crippen molar-refractivity contribution in [2.24, 2.45) is 5.92 Å². The highest BCUT2D eigenvalue weighted by Gasteiger charge is 2.38. The van der Waals surface area contributed by atoms with Gasteiger partial charge in [-0.05, 0) is 58.0 Å². The molecule has 0 aromatic heterocycles. The van der Waals surface area contributed by atoms with Crippen LogP contribution in [0.2, 0.25) is 0 Å². The molecule has 0 radical (unpaired) electrons. The molecule has 1 N–H and O–H groups in total. The smallest absolute Gasteiger partial charge is 0.0469 e. The summed E-state index contributed by atoms with van der Waals surface area (Å²) in [6.45, 7) is 3.17. The highest BCUT2D eigenvalue weighted by molar-refractivity contribution is 4.96. The first kappa shape index (κ1) is 11.9. The number of ether oxygens (including phenoxy) is 1. The van der Waals surface area contributed by atoms with E-state index in [-0.39, 0.29) is 0 Å². The Labute approximate surface area is 105 Å². The molecular weight excluding hydrogens is 212 g/mol. The second kappa shape index (κ2) is 5.25. The molecule has 3 heteroatoms. The van der Waals surface area contributed by atoms with Crippen molar-refractivity contribution in [1.29, 1.82) is 0 Å². The summed E-state index contributed by atoms with van der Waals surface area (Å²) in [4.78, 5) is 2.62. The molecule has 98 valence electrons. The number of rotatable bonds is 3. The monoisotopic (exact) mass is 238 g/mol. The lowest BCUT2D eigenvalue weighted by molar-refractivity contribution is 0.0631. The average Bonchev–Trinajstić information content (AvgIpc) is 2.61. The number of hydrogen-bond donors (Lipinski definition) is 1. The topological polar surface area (TPSA) is 24.5 Å². The lowest BCUT2D eigenvalue weighted by Crippen LogP contribution is -2.48. The minimum Gasteiger partial charge on any atom is -0.381 e. The van der Waals surface area contributed by atoms with Gasteiger partial charge in [-0.2, -0.15) is 0 Å². The molecule has 0 aromatic rings. The lowest BCUT2D eigenvalue weighted by Gasteiger charge is -2.37. The van der Waals surface area contributed by atoms with E-state index in [1.54, 1.807) is 0 Å². The van der Waals surface area contributed by atoms with E-state index in [1.807, 2.05) is 0 Å². The number of nitrogens with one attached hydrogen (secondary N) is 1. The maximum Gasteiger partial charge on any atom is 0.0469 e. The van der Waals surface area contributed by atoms with Crippen LogP contribution < -0.4 is 5.32 Å². The summed E-state index contributed by atoms with van der Waals surface area (Å²) in [6.07, 6.45) is 8.11. The fraction of sp³-hybridized carbons (Fsp3) is 1.00. The molecule has 0 aromatic carbocycles. The SMILES string of the molecule is CN1C2CCC1CC(NCC1CCOCC1)C2. The third kappa shape index (κ3) is 2.67. The summed E-state index contributed by atoms with van der Waals surface area (Å²) in [7, 11) is 2.32.